The van der Waals surface area contributed by atoms with Gasteiger partial charge in [0.25, 0.3) is 0 Å². The van der Waals surface area contributed by atoms with Crippen molar-refractivity contribution in [3.8, 4) is 0 Å². The van der Waals surface area contributed by atoms with E-state index >= 15 is 0 Å². The lowest BCUT2D eigenvalue weighted by molar-refractivity contribution is 0.412. The summed E-state index contributed by atoms with van der Waals surface area (Å²) < 4.78 is 27.9. The number of benzene rings is 1. The van der Waals surface area contributed by atoms with Crippen LogP contribution in [0.15, 0.2) is 35.1 Å². The van der Waals surface area contributed by atoms with Crippen LogP contribution < -0.4 is 5.69 Å². The van der Waals surface area contributed by atoms with E-state index < -0.39 is 10.0 Å². The van der Waals surface area contributed by atoms with Gasteiger partial charge in [-0.1, -0.05) is 30.3 Å². The molecule has 112 valence electrons. The molecule has 0 saturated carbocycles. The molecule has 0 radical (unpaired) electrons. The highest BCUT2D eigenvalue weighted by molar-refractivity contribution is 7.88. The topological polar surface area (TPSA) is 88.1 Å². The summed E-state index contributed by atoms with van der Waals surface area (Å²) in [7, 11) is -3.39. The van der Waals surface area contributed by atoms with Crippen molar-refractivity contribution in [3.63, 3.8) is 0 Å². The molecule has 0 atom stereocenters. The van der Waals surface area contributed by atoms with Crippen molar-refractivity contribution in [3.05, 3.63) is 52.2 Å². The number of hydrogen-bond acceptors (Lipinski definition) is 4. The maximum atomic E-state index is 12.5. The Hall–Kier alpha value is -1.93. The van der Waals surface area contributed by atoms with Gasteiger partial charge in [0.05, 0.1) is 5.75 Å². The summed E-state index contributed by atoms with van der Waals surface area (Å²) in [6, 6.07) is 9.09. The summed E-state index contributed by atoms with van der Waals surface area (Å²) in [5.41, 5.74) is 0.477. The zero-order valence-corrected chi connectivity index (χ0v) is 12.2. The third-order valence-corrected chi connectivity index (χ3v) is 5.43. The lowest BCUT2D eigenvalue weighted by Crippen LogP contribution is -2.35. The Bertz CT molecular complexity index is 779. The molecule has 0 bridgehead atoms. The van der Waals surface area contributed by atoms with E-state index in [0.717, 1.165) is 5.56 Å². The van der Waals surface area contributed by atoms with Crippen LogP contribution in [0.25, 0.3) is 0 Å². The van der Waals surface area contributed by atoms with Crippen molar-refractivity contribution in [2.24, 2.45) is 0 Å². The first-order valence-corrected chi connectivity index (χ1v) is 8.33. The van der Waals surface area contributed by atoms with Gasteiger partial charge in [0.1, 0.15) is 5.82 Å². The van der Waals surface area contributed by atoms with Crippen LogP contribution in [-0.2, 0) is 28.7 Å². The second kappa shape index (κ2) is 5.45. The minimum atomic E-state index is -3.39. The molecule has 21 heavy (non-hydrogen) atoms. The third-order valence-electron chi connectivity index (χ3n) is 3.58. The normalized spacial score (nSPS) is 16.4. The lowest BCUT2D eigenvalue weighted by atomic mass is 10.2. The Morgan fingerprint density at radius 1 is 1.14 bits per heavy atom. The summed E-state index contributed by atoms with van der Waals surface area (Å²) in [6.07, 6.45) is 0.437. The Morgan fingerprint density at radius 2 is 1.90 bits per heavy atom. The standard InChI is InChI=1S/C13H16N4O3S/c18-13-15-14-12-6-7-16(8-9-17(12)13)21(19,20)10-11-4-2-1-3-5-11/h1-5H,6-10H2,(H,15,18). The van der Waals surface area contributed by atoms with Crippen LogP contribution in [0, 0.1) is 0 Å². The molecule has 1 aliphatic heterocycles. The van der Waals surface area contributed by atoms with Gasteiger partial charge >= 0.3 is 5.69 Å². The lowest BCUT2D eigenvalue weighted by Gasteiger charge is -2.19. The van der Waals surface area contributed by atoms with E-state index in [1.54, 1.807) is 12.1 Å². The van der Waals surface area contributed by atoms with Crippen molar-refractivity contribution < 1.29 is 8.42 Å². The van der Waals surface area contributed by atoms with Crippen LogP contribution in [0.1, 0.15) is 11.4 Å². The van der Waals surface area contributed by atoms with Crippen LogP contribution in [0.5, 0.6) is 0 Å². The fraction of sp³-hybridized carbons (Fsp3) is 0.385. The number of nitrogens with one attached hydrogen (secondary N) is 1. The zero-order valence-electron chi connectivity index (χ0n) is 11.4. The molecular formula is C13H16N4O3S. The van der Waals surface area contributed by atoms with Gasteiger partial charge in [-0.05, 0) is 5.56 Å². The average Bonchev–Trinajstić information content (AvgIpc) is 2.69. The van der Waals surface area contributed by atoms with E-state index in [9.17, 15) is 13.2 Å². The van der Waals surface area contributed by atoms with Crippen molar-refractivity contribution in [2.75, 3.05) is 13.1 Å². The number of hydrogen-bond donors (Lipinski definition) is 1. The van der Waals surface area contributed by atoms with Crippen LogP contribution >= 0.6 is 0 Å². The molecule has 2 aromatic rings. The van der Waals surface area contributed by atoms with Crippen LogP contribution in [0.3, 0.4) is 0 Å². The van der Waals surface area contributed by atoms with Gasteiger partial charge in [-0.15, -0.1) is 0 Å². The molecule has 7 nitrogen and oxygen atoms in total. The number of H-pyrrole nitrogens is 1. The van der Waals surface area contributed by atoms with Gasteiger partial charge in [0.15, 0.2) is 0 Å². The molecule has 0 amide bonds. The maximum Gasteiger partial charge on any atom is 0.343 e. The first-order chi connectivity index (χ1) is 10.1. The first kappa shape index (κ1) is 14.0. The molecule has 0 spiro atoms. The summed E-state index contributed by atoms with van der Waals surface area (Å²) >= 11 is 0. The Balaban J connectivity index is 1.77. The molecule has 1 aromatic carbocycles. The van der Waals surface area contributed by atoms with Crippen molar-refractivity contribution in [1.29, 1.82) is 0 Å². The fourth-order valence-corrected chi connectivity index (χ4v) is 4.00. The number of aromatic nitrogens is 3. The smallest absolute Gasteiger partial charge is 0.278 e. The van der Waals surface area contributed by atoms with E-state index in [4.69, 9.17) is 0 Å². The predicted molar refractivity (Wildman–Crippen MR) is 77.2 cm³/mol. The molecule has 2 heterocycles. The van der Waals surface area contributed by atoms with E-state index in [2.05, 4.69) is 10.2 Å². The molecule has 1 aromatic heterocycles. The highest BCUT2D eigenvalue weighted by atomic mass is 32.2. The van der Waals surface area contributed by atoms with Crippen molar-refractivity contribution >= 4 is 10.0 Å². The quantitative estimate of drug-likeness (QED) is 0.862. The van der Waals surface area contributed by atoms with Crippen LogP contribution in [0.2, 0.25) is 0 Å². The molecule has 1 N–H and O–H groups in total. The second-order valence-corrected chi connectivity index (χ2v) is 6.96. The SMILES string of the molecule is O=c1[nH]nc2n1CCN(S(=O)(=O)Cc1ccccc1)CC2. The summed E-state index contributed by atoms with van der Waals surface area (Å²) in [6.45, 7) is 0.972. The third kappa shape index (κ3) is 2.91. The second-order valence-electron chi connectivity index (χ2n) is 4.99. The largest absolute Gasteiger partial charge is 0.343 e. The number of fused-ring (bicyclic) bond motifs is 1. The summed E-state index contributed by atoms with van der Waals surface area (Å²) in [5, 5.41) is 6.31. The minimum Gasteiger partial charge on any atom is -0.278 e. The minimum absolute atomic E-state index is 0.0213. The zero-order chi connectivity index (χ0) is 14.9. The highest BCUT2D eigenvalue weighted by Gasteiger charge is 2.26. The Kier molecular flexibility index (Phi) is 3.64. The fourth-order valence-electron chi connectivity index (χ4n) is 2.47. The van der Waals surface area contributed by atoms with E-state index in [0.29, 0.717) is 31.9 Å². The molecule has 3 rings (SSSR count). The first-order valence-electron chi connectivity index (χ1n) is 6.72. The average molecular weight is 308 g/mol. The van der Waals surface area contributed by atoms with E-state index in [-0.39, 0.29) is 11.4 Å². The van der Waals surface area contributed by atoms with Gasteiger partial charge in [-0.3, -0.25) is 4.57 Å². The number of rotatable bonds is 3. The number of aromatic amines is 1. The highest BCUT2D eigenvalue weighted by Crippen LogP contribution is 2.13. The van der Waals surface area contributed by atoms with Crippen LogP contribution in [0.4, 0.5) is 0 Å². The van der Waals surface area contributed by atoms with Crippen molar-refractivity contribution in [2.45, 2.75) is 18.7 Å². The van der Waals surface area contributed by atoms with Gasteiger partial charge in [0.2, 0.25) is 10.0 Å². The molecule has 0 unspecified atom stereocenters. The Labute approximate surface area is 122 Å². The van der Waals surface area contributed by atoms with E-state index in [1.165, 1.54) is 8.87 Å². The molecule has 0 fully saturated rings. The van der Waals surface area contributed by atoms with E-state index in [1.807, 2.05) is 18.2 Å². The van der Waals surface area contributed by atoms with Gasteiger partial charge < -0.3 is 0 Å². The van der Waals surface area contributed by atoms with Crippen LogP contribution in [-0.4, -0.2) is 40.6 Å². The van der Waals surface area contributed by atoms with Gasteiger partial charge in [-0.2, -0.15) is 9.40 Å². The monoisotopic (exact) mass is 308 g/mol. The maximum absolute atomic E-state index is 12.5. The molecule has 1 aliphatic rings. The van der Waals surface area contributed by atoms with Gasteiger partial charge in [-0.25, -0.2) is 18.3 Å². The number of sulfonamides is 1. The molecular weight excluding hydrogens is 292 g/mol. The van der Waals surface area contributed by atoms with Gasteiger partial charge in [0, 0.05) is 26.1 Å². The summed E-state index contributed by atoms with van der Waals surface area (Å²) in [4.78, 5) is 11.5. The molecule has 0 aliphatic carbocycles. The molecule has 8 heteroatoms. The summed E-state index contributed by atoms with van der Waals surface area (Å²) in [5.74, 6) is 0.587. The molecule has 0 saturated heterocycles. The number of nitrogens with zero attached hydrogens (tertiary/aromatic N) is 3. The van der Waals surface area contributed by atoms with Crippen molar-refractivity contribution in [1.82, 2.24) is 19.1 Å². The predicted octanol–water partition coefficient (Wildman–Crippen LogP) is -0.0405. The Morgan fingerprint density at radius 3 is 2.67 bits per heavy atom.